The molecule has 1 fully saturated rings. The van der Waals surface area contributed by atoms with E-state index in [0.29, 0.717) is 6.04 Å². The van der Waals surface area contributed by atoms with Crippen molar-refractivity contribution in [1.82, 2.24) is 10.3 Å². The van der Waals surface area contributed by atoms with E-state index in [0.717, 1.165) is 36.0 Å². The maximum absolute atomic E-state index is 10.7. The van der Waals surface area contributed by atoms with Crippen molar-refractivity contribution in [3.8, 4) is 0 Å². The topological polar surface area (TPSA) is 71.3 Å². The Bertz CT molecular complexity index is 415. The number of aromatic nitrogens is 1. The Morgan fingerprint density at radius 1 is 1.72 bits per heavy atom. The Hall–Kier alpha value is -1.21. The SMILES string of the molecule is CC(C)N(CC1CCCN1)c1ncc([N+](=O)[O-])s1. The van der Waals surface area contributed by atoms with Gasteiger partial charge in [0.25, 0.3) is 0 Å². The molecule has 1 N–H and O–H groups in total. The highest BCUT2D eigenvalue weighted by Gasteiger charge is 2.23. The molecule has 0 bridgehead atoms. The van der Waals surface area contributed by atoms with Crippen molar-refractivity contribution >= 4 is 21.5 Å². The highest BCUT2D eigenvalue weighted by molar-refractivity contribution is 7.18. The normalized spacial score (nSPS) is 19.4. The van der Waals surface area contributed by atoms with Gasteiger partial charge < -0.3 is 10.2 Å². The second-order valence-corrected chi connectivity index (χ2v) is 5.77. The molecule has 0 saturated carbocycles. The predicted molar refractivity (Wildman–Crippen MR) is 72.3 cm³/mol. The second kappa shape index (κ2) is 5.62. The summed E-state index contributed by atoms with van der Waals surface area (Å²) < 4.78 is 0. The van der Waals surface area contributed by atoms with Crippen LogP contribution in [0.15, 0.2) is 6.20 Å². The first-order valence-corrected chi connectivity index (χ1v) is 7.00. The quantitative estimate of drug-likeness (QED) is 0.654. The fraction of sp³-hybridized carbons (Fsp3) is 0.727. The Morgan fingerprint density at radius 3 is 3.00 bits per heavy atom. The average molecular weight is 270 g/mol. The van der Waals surface area contributed by atoms with Gasteiger partial charge in [0.1, 0.15) is 6.20 Å². The summed E-state index contributed by atoms with van der Waals surface area (Å²) in [6.45, 7) is 6.10. The fourth-order valence-corrected chi connectivity index (χ4v) is 3.01. The van der Waals surface area contributed by atoms with E-state index >= 15 is 0 Å². The van der Waals surface area contributed by atoms with E-state index in [-0.39, 0.29) is 16.0 Å². The lowest BCUT2D eigenvalue weighted by Crippen LogP contribution is -2.41. The first kappa shape index (κ1) is 13.2. The Balaban J connectivity index is 2.10. The van der Waals surface area contributed by atoms with Gasteiger partial charge in [0.15, 0.2) is 5.13 Å². The van der Waals surface area contributed by atoms with E-state index in [9.17, 15) is 10.1 Å². The molecule has 0 amide bonds. The van der Waals surface area contributed by atoms with Crippen molar-refractivity contribution in [2.45, 2.75) is 38.8 Å². The van der Waals surface area contributed by atoms with E-state index < -0.39 is 0 Å². The highest BCUT2D eigenvalue weighted by Crippen LogP contribution is 2.30. The molecule has 6 nitrogen and oxygen atoms in total. The van der Waals surface area contributed by atoms with Crippen LogP contribution in [0.25, 0.3) is 0 Å². The van der Waals surface area contributed by atoms with E-state index in [1.54, 1.807) is 0 Å². The molecule has 1 aliphatic rings. The summed E-state index contributed by atoms with van der Waals surface area (Å²) in [6, 6.07) is 0.758. The number of nitrogens with zero attached hydrogens (tertiary/aromatic N) is 3. The zero-order chi connectivity index (χ0) is 13.1. The van der Waals surface area contributed by atoms with Gasteiger partial charge in [-0.25, -0.2) is 4.98 Å². The van der Waals surface area contributed by atoms with Gasteiger partial charge in [0.05, 0.1) is 4.92 Å². The number of nitrogens with one attached hydrogen (secondary N) is 1. The summed E-state index contributed by atoms with van der Waals surface area (Å²) in [5, 5.41) is 15.0. The van der Waals surface area contributed by atoms with Gasteiger partial charge in [-0.15, -0.1) is 0 Å². The van der Waals surface area contributed by atoms with Crippen molar-refractivity contribution in [1.29, 1.82) is 0 Å². The lowest BCUT2D eigenvalue weighted by atomic mass is 10.2. The number of hydrogen-bond donors (Lipinski definition) is 1. The van der Waals surface area contributed by atoms with Gasteiger partial charge >= 0.3 is 5.00 Å². The molecule has 0 spiro atoms. The van der Waals surface area contributed by atoms with Crippen molar-refractivity contribution in [3.05, 3.63) is 16.3 Å². The van der Waals surface area contributed by atoms with Crippen LogP contribution >= 0.6 is 11.3 Å². The maximum Gasteiger partial charge on any atom is 0.345 e. The van der Waals surface area contributed by atoms with E-state index in [1.807, 2.05) is 0 Å². The molecular formula is C11H18N4O2S. The molecule has 18 heavy (non-hydrogen) atoms. The average Bonchev–Trinajstić information content (AvgIpc) is 2.96. The molecule has 1 aromatic heterocycles. The molecule has 1 unspecified atom stereocenters. The highest BCUT2D eigenvalue weighted by atomic mass is 32.1. The molecule has 100 valence electrons. The van der Waals surface area contributed by atoms with E-state index in [4.69, 9.17) is 0 Å². The van der Waals surface area contributed by atoms with Gasteiger partial charge in [-0.3, -0.25) is 10.1 Å². The van der Waals surface area contributed by atoms with Crippen molar-refractivity contribution in [2.24, 2.45) is 0 Å². The van der Waals surface area contributed by atoms with Crippen LogP contribution in [-0.2, 0) is 0 Å². The van der Waals surface area contributed by atoms with Gasteiger partial charge in [-0.2, -0.15) is 0 Å². The summed E-state index contributed by atoms with van der Waals surface area (Å²) in [4.78, 5) is 16.6. The predicted octanol–water partition coefficient (Wildman–Crippen LogP) is 2.02. The van der Waals surface area contributed by atoms with Gasteiger partial charge in [0, 0.05) is 18.6 Å². The largest absolute Gasteiger partial charge is 0.345 e. The summed E-state index contributed by atoms with van der Waals surface area (Å²) in [7, 11) is 0. The standard InChI is InChI=1S/C11H18N4O2S/c1-8(2)14(7-9-4-3-5-12-9)11-13-6-10(18-11)15(16)17/h6,8-9,12H,3-5,7H2,1-2H3. The maximum atomic E-state index is 10.7. The monoisotopic (exact) mass is 270 g/mol. The molecule has 0 aliphatic carbocycles. The molecule has 1 atom stereocenters. The third-order valence-corrected chi connectivity index (χ3v) is 4.10. The lowest BCUT2D eigenvalue weighted by molar-refractivity contribution is -0.380. The van der Waals surface area contributed by atoms with Crippen molar-refractivity contribution in [3.63, 3.8) is 0 Å². The van der Waals surface area contributed by atoms with Crippen LogP contribution in [0, 0.1) is 10.1 Å². The van der Waals surface area contributed by atoms with Crippen LogP contribution in [0.2, 0.25) is 0 Å². The number of anilines is 1. The molecule has 1 aromatic rings. The minimum absolute atomic E-state index is 0.107. The molecule has 0 radical (unpaired) electrons. The van der Waals surface area contributed by atoms with Crippen LogP contribution in [0.5, 0.6) is 0 Å². The summed E-state index contributed by atoms with van der Waals surface area (Å²) in [5.41, 5.74) is 0. The molecule has 1 saturated heterocycles. The zero-order valence-corrected chi connectivity index (χ0v) is 11.4. The molecular weight excluding hydrogens is 252 g/mol. The van der Waals surface area contributed by atoms with Crippen LogP contribution < -0.4 is 10.2 Å². The van der Waals surface area contributed by atoms with Crippen LogP contribution in [-0.4, -0.2) is 35.1 Å². The molecule has 7 heteroatoms. The lowest BCUT2D eigenvalue weighted by Gasteiger charge is -2.28. The van der Waals surface area contributed by atoms with Crippen molar-refractivity contribution < 1.29 is 4.92 Å². The smallest absolute Gasteiger partial charge is 0.344 e. The number of rotatable bonds is 5. The summed E-state index contributed by atoms with van der Waals surface area (Å²) >= 11 is 1.15. The van der Waals surface area contributed by atoms with E-state index in [1.165, 1.54) is 12.6 Å². The molecule has 0 aromatic carbocycles. The van der Waals surface area contributed by atoms with Gasteiger partial charge in [-0.1, -0.05) is 0 Å². The minimum atomic E-state index is -0.381. The molecule has 1 aliphatic heterocycles. The number of thiazole rings is 1. The first-order valence-electron chi connectivity index (χ1n) is 6.18. The molecule has 2 rings (SSSR count). The summed E-state index contributed by atoms with van der Waals surface area (Å²) in [5.74, 6) is 0. The van der Waals surface area contributed by atoms with Crippen molar-refractivity contribution in [2.75, 3.05) is 18.0 Å². The molecule has 2 heterocycles. The Morgan fingerprint density at radius 2 is 2.50 bits per heavy atom. The number of hydrogen-bond acceptors (Lipinski definition) is 6. The van der Waals surface area contributed by atoms with Gasteiger partial charge in [-0.05, 0) is 44.6 Å². The number of nitro groups is 1. The minimum Gasteiger partial charge on any atom is -0.344 e. The third kappa shape index (κ3) is 2.97. The third-order valence-electron chi connectivity index (χ3n) is 3.11. The zero-order valence-electron chi connectivity index (χ0n) is 10.6. The van der Waals surface area contributed by atoms with Crippen LogP contribution in [0.4, 0.5) is 10.1 Å². The van der Waals surface area contributed by atoms with Gasteiger partial charge in [0.2, 0.25) is 0 Å². The second-order valence-electron chi connectivity index (χ2n) is 4.78. The Kier molecular flexibility index (Phi) is 4.13. The fourth-order valence-electron chi connectivity index (χ4n) is 2.13. The Labute approximate surface area is 110 Å². The summed E-state index contributed by atoms with van der Waals surface area (Å²) in [6.07, 6.45) is 3.71. The van der Waals surface area contributed by atoms with Crippen LogP contribution in [0.1, 0.15) is 26.7 Å². The van der Waals surface area contributed by atoms with E-state index in [2.05, 4.69) is 29.0 Å². The first-order chi connectivity index (χ1) is 8.58. The van der Waals surface area contributed by atoms with Crippen LogP contribution in [0.3, 0.4) is 0 Å².